The third-order valence-electron chi connectivity index (χ3n) is 2.86. The van der Waals surface area contributed by atoms with Crippen LogP contribution in [0.15, 0.2) is 22.7 Å². The molecule has 0 saturated heterocycles. The highest BCUT2D eigenvalue weighted by Crippen LogP contribution is 2.25. The summed E-state index contributed by atoms with van der Waals surface area (Å²) in [7, 11) is 0. The topological polar surface area (TPSA) is 35.2 Å². The van der Waals surface area contributed by atoms with Crippen molar-refractivity contribution in [3.05, 3.63) is 33.3 Å². The van der Waals surface area contributed by atoms with E-state index in [1.54, 1.807) is 0 Å². The predicted molar refractivity (Wildman–Crippen MR) is 76.5 cm³/mol. The van der Waals surface area contributed by atoms with E-state index >= 15 is 0 Å². The Balaban J connectivity index is 2.77. The van der Waals surface area contributed by atoms with Gasteiger partial charge in [0.15, 0.2) is 0 Å². The molecule has 0 aliphatic carbocycles. The Hall–Kier alpha value is -0.0900. The molecule has 0 radical (unpaired) electrons. The van der Waals surface area contributed by atoms with Gasteiger partial charge in [-0.1, -0.05) is 33.6 Å². The van der Waals surface area contributed by atoms with Gasteiger partial charge in [0.05, 0.1) is 5.60 Å². The van der Waals surface area contributed by atoms with E-state index in [0.29, 0.717) is 13.0 Å². The largest absolute Gasteiger partial charge is 0.374 e. The minimum Gasteiger partial charge on any atom is -0.374 e. The first-order valence-electron chi connectivity index (χ1n) is 5.70. The van der Waals surface area contributed by atoms with E-state index in [-0.39, 0.29) is 11.6 Å². The highest BCUT2D eigenvalue weighted by atomic mass is 79.9. The van der Waals surface area contributed by atoms with E-state index in [9.17, 15) is 0 Å². The maximum atomic E-state index is 6.18. The van der Waals surface area contributed by atoms with Crippen LogP contribution >= 0.6 is 27.5 Å². The molecule has 0 aromatic heterocycles. The molecule has 0 amide bonds. The number of hydrogen-bond acceptors (Lipinski definition) is 2. The molecule has 0 fully saturated rings. The van der Waals surface area contributed by atoms with Crippen LogP contribution in [0.3, 0.4) is 0 Å². The number of halogens is 2. The average Bonchev–Trinajstić information content (AvgIpc) is 2.22. The van der Waals surface area contributed by atoms with Crippen LogP contribution in [0.25, 0.3) is 0 Å². The number of hydrogen-bond donors (Lipinski definition) is 1. The molecule has 0 spiro atoms. The Bertz CT molecular complexity index is 382. The second kappa shape index (κ2) is 6.19. The molecule has 96 valence electrons. The zero-order chi connectivity index (χ0) is 13.1. The molecule has 0 heterocycles. The van der Waals surface area contributed by atoms with Gasteiger partial charge in [-0.3, -0.25) is 0 Å². The van der Waals surface area contributed by atoms with Crippen LogP contribution in [0.5, 0.6) is 0 Å². The van der Waals surface area contributed by atoms with Crippen molar-refractivity contribution in [3.8, 4) is 0 Å². The molecule has 1 aromatic carbocycles. The minimum atomic E-state index is -0.342. The average molecular weight is 321 g/mol. The van der Waals surface area contributed by atoms with E-state index < -0.39 is 0 Å². The Morgan fingerprint density at radius 3 is 2.65 bits per heavy atom. The molecule has 1 rings (SSSR count). The zero-order valence-electron chi connectivity index (χ0n) is 10.5. The van der Waals surface area contributed by atoms with Gasteiger partial charge in [0, 0.05) is 22.1 Å². The van der Waals surface area contributed by atoms with Crippen molar-refractivity contribution in [2.24, 2.45) is 5.73 Å². The second-order valence-corrected chi connectivity index (χ2v) is 5.91. The summed E-state index contributed by atoms with van der Waals surface area (Å²) < 4.78 is 6.63. The van der Waals surface area contributed by atoms with Gasteiger partial charge in [0.2, 0.25) is 0 Å². The summed E-state index contributed by atoms with van der Waals surface area (Å²) in [6.45, 7) is 6.65. The summed E-state index contributed by atoms with van der Waals surface area (Å²) in [6.07, 6.45) is 0.707. The van der Waals surface area contributed by atoms with E-state index in [1.165, 1.54) is 0 Å². The summed E-state index contributed by atoms with van der Waals surface area (Å²) in [5.74, 6) is 0. The first kappa shape index (κ1) is 15.0. The first-order valence-corrected chi connectivity index (χ1v) is 6.87. The zero-order valence-corrected chi connectivity index (χ0v) is 12.8. The van der Waals surface area contributed by atoms with Crippen LogP contribution in [0, 0.1) is 0 Å². The predicted octanol–water partition coefficient (Wildman–Crippen LogP) is 3.79. The SMILES string of the molecule is CCOC(C)(C)C(N)Cc1ccc(Br)cc1Cl. The normalized spacial score (nSPS) is 13.8. The molecule has 0 aliphatic heterocycles. The standard InChI is InChI=1S/C13H19BrClNO/c1-4-17-13(2,3)12(16)7-9-5-6-10(14)8-11(9)15/h5-6,8,12H,4,7,16H2,1-3H3. The van der Waals surface area contributed by atoms with E-state index in [0.717, 1.165) is 15.1 Å². The summed E-state index contributed by atoms with van der Waals surface area (Å²) >= 11 is 9.56. The summed E-state index contributed by atoms with van der Waals surface area (Å²) in [6, 6.07) is 5.77. The third kappa shape index (κ3) is 4.25. The highest BCUT2D eigenvalue weighted by molar-refractivity contribution is 9.10. The maximum Gasteiger partial charge on any atom is 0.0779 e. The highest BCUT2D eigenvalue weighted by Gasteiger charge is 2.27. The van der Waals surface area contributed by atoms with Gasteiger partial charge in [-0.2, -0.15) is 0 Å². The quantitative estimate of drug-likeness (QED) is 0.896. The Morgan fingerprint density at radius 2 is 2.12 bits per heavy atom. The Morgan fingerprint density at radius 1 is 1.47 bits per heavy atom. The second-order valence-electron chi connectivity index (χ2n) is 4.58. The van der Waals surface area contributed by atoms with Gasteiger partial charge in [0.1, 0.15) is 0 Å². The summed E-state index contributed by atoms with van der Waals surface area (Å²) in [5, 5.41) is 0.738. The molecule has 0 aliphatic rings. The lowest BCUT2D eigenvalue weighted by Crippen LogP contribution is -2.46. The van der Waals surface area contributed by atoms with Crippen LogP contribution in [0.4, 0.5) is 0 Å². The van der Waals surface area contributed by atoms with Gasteiger partial charge in [-0.05, 0) is 44.9 Å². The smallest absolute Gasteiger partial charge is 0.0779 e. The van der Waals surface area contributed by atoms with Crippen LogP contribution < -0.4 is 5.73 Å². The van der Waals surface area contributed by atoms with Crippen molar-refractivity contribution in [2.75, 3.05) is 6.61 Å². The lowest BCUT2D eigenvalue weighted by Gasteiger charge is -2.31. The van der Waals surface area contributed by atoms with Crippen LogP contribution in [-0.2, 0) is 11.2 Å². The van der Waals surface area contributed by atoms with Crippen LogP contribution in [-0.4, -0.2) is 18.2 Å². The molecular formula is C13H19BrClNO. The fourth-order valence-electron chi connectivity index (χ4n) is 1.65. The molecule has 17 heavy (non-hydrogen) atoms. The van der Waals surface area contributed by atoms with Crippen LogP contribution in [0.1, 0.15) is 26.3 Å². The molecule has 2 N–H and O–H groups in total. The van der Waals surface area contributed by atoms with Gasteiger partial charge in [-0.25, -0.2) is 0 Å². The van der Waals surface area contributed by atoms with Crippen molar-refractivity contribution in [1.29, 1.82) is 0 Å². The number of nitrogens with two attached hydrogens (primary N) is 1. The van der Waals surface area contributed by atoms with Crippen molar-refractivity contribution in [2.45, 2.75) is 38.8 Å². The van der Waals surface area contributed by atoms with Gasteiger partial charge >= 0.3 is 0 Å². The summed E-state index contributed by atoms with van der Waals surface area (Å²) in [5.41, 5.74) is 6.89. The third-order valence-corrected chi connectivity index (χ3v) is 3.71. The molecule has 1 atom stereocenters. The van der Waals surface area contributed by atoms with E-state index in [4.69, 9.17) is 22.1 Å². The van der Waals surface area contributed by atoms with Crippen molar-refractivity contribution in [3.63, 3.8) is 0 Å². The van der Waals surface area contributed by atoms with E-state index in [1.807, 2.05) is 39.0 Å². The first-order chi connectivity index (χ1) is 7.86. The van der Waals surface area contributed by atoms with Crippen molar-refractivity contribution in [1.82, 2.24) is 0 Å². The number of rotatable bonds is 5. The Kier molecular flexibility index (Phi) is 5.45. The fourth-order valence-corrected chi connectivity index (χ4v) is 2.40. The van der Waals surface area contributed by atoms with E-state index in [2.05, 4.69) is 15.9 Å². The fraction of sp³-hybridized carbons (Fsp3) is 0.538. The molecule has 2 nitrogen and oxygen atoms in total. The Labute approximate surface area is 117 Å². The molecule has 0 bridgehead atoms. The van der Waals surface area contributed by atoms with Crippen LogP contribution in [0.2, 0.25) is 5.02 Å². The van der Waals surface area contributed by atoms with Gasteiger partial charge in [0.25, 0.3) is 0 Å². The minimum absolute atomic E-state index is 0.0823. The van der Waals surface area contributed by atoms with Gasteiger partial charge in [-0.15, -0.1) is 0 Å². The summed E-state index contributed by atoms with van der Waals surface area (Å²) in [4.78, 5) is 0. The number of ether oxygens (including phenoxy) is 1. The molecule has 4 heteroatoms. The molecule has 1 unspecified atom stereocenters. The number of benzene rings is 1. The van der Waals surface area contributed by atoms with Gasteiger partial charge < -0.3 is 10.5 Å². The maximum absolute atomic E-state index is 6.18. The lowest BCUT2D eigenvalue weighted by molar-refractivity contribution is -0.0288. The van der Waals surface area contributed by atoms with Crippen molar-refractivity contribution < 1.29 is 4.74 Å². The lowest BCUT2D eigenvalue weighted by atomic mass is 9.93. The molecule has 0 saturated carbocycles. The molecule has 1 aromatic rings. The molecular weight excluding hydrogens is 302 g/mol. The monoisotopic (exact) mass is 319 g/mol. The van der Waals surface area contributed by atoms with Crippen molar-refractivity contribution >= 4 is 27.5 Å².